The van der Waals surface area contributed by atoms with Crippen LogP contribution >= 0.6 is 0 Å². The van der Waals surface area contributed by atoms with Gasteiger partial charge in [-0.2, -0.15) is 0 Å². The highest BCUT2D eigenvalue weighted by Crippen LogP contribution is 2.41. The molecule has 0 radical (unpaired) electrons. The third-order valence-electron chi connectivity index (χ3n) is 9.37. The summed E-state index contributed by atoms with van der Waals surface area (Å²) in [7, 11) is 3.43. The Balaban J connectivity index is 1.04. The third kappa shape index (κ3) is 9.25. The van der Waals surface area contributed by atoms with E-state index in [0.29, 0.717) is 0 Å². The van der Waals surface area contributed by atoms with E-state index in [1.165, 1.54) is 0 Å². The quantitative estimate of drug-likeness (QED) is 0.104. The molecule has 7 aromatic carbocycles. The van der Waals surface area contributed by atoms with E-state index in [1.807, 2.05) is 24.3 Å². The normalized spacial score (nSPS) is 11.5. The molecule has 0 aliphatic heterocycles. The van der Waals surface area contributed by atoms with Gasteiger partial charge in [0.2, 0.25) is 0 Å². The molecular weight excluding hydrogens is 685 g/mol. The third-order valence-corrected chi connectivity index (χ3v) is 9.37. The molecular formula is C52H44N2O2. The number of methoxy groups -OCH3 is 2. The van der Waals surface area contributed by atoms with Crippen LogP contribution in [0, 0.1) is 0 Å². The van der Waals surface area contributed by atoms with Gasteiger partial charge >= 0.3 is 0 Å². The summed E-state index contributed by atoms with van der Waals surface area (Å²) in [6, 6.07) is 62.5. The Kier molecular flexibility index (Phi) is 12.3. The molecule has 0 amide bonds. The van der Waals surface area contributed by atoms with Gasteiger partial charge in [-0.3, -0.25) is 0 Å². The number of ether oxygens (including phenoxy) is 2. The number of benzene rings is 7. The predicted molar refractivity (Wildman–Crippen MR) is 237 cm³/mol. The summed E-state index contributed by atoms with van der Waals surface area (Å²) in [4.78, 5) is 4.35. The van der Waals surface area contributed by atoms with Crippen LogP contribution in [0.5, 0.6) is 11.5 Å². The van der Waals surface area contributed by atoms with Crippen LogP contribution in [0.4, 0.5) is 22.7 Å². The molecule has 0 heterocycles. The lowest BCUT2D eigenvalue weighted by molar-refractivity contribution is 0.406. The molecule has 0 bridgehead atoms. The van der Waals surface area contributed by atoms with Crippen LogP contribution in [0.15, 0.2) is 219 Å². The number of rotatable bonds is 14. The molecule has 0 fully saturated rings. The van der Waals surface area contributed by atoms with Crippen molar-refractivity contribution in [3.05, 3.63) is 230 Å². The molecule has 0 spiro atoms. The van der Waals surface area contributed by atoms with Gasteiger partial charge < -0.3 is 19.3 Å². The zero-order valence-corrected chi connectivity index (χ0v) is 31.7. The van der Waals surface area contributed by atoms with Gasteiger partial charge in [0.25, 0.3) is 0 Å². The summed E-state index contributed by atoms with van der Waals surface area (Å²) in [5, 5.41) is 0. The second-order valence-electron chi connectivity index (χ2n) is 13.0. The van der Waals surface area contributed by atoms with Crippen LogP contribution in [0.2, 0.25) is 0 Å². The van der Waals surface area contributed by atoms with Gasteiger partial charge in [0, 0.05) is 46.3 Å². The number of anilines is 4. The van der Waals surface area contributed by atoms with Crippen molar-refractivity contribution < 1.29 is 9.47 Å². The Morgan fingerprint density at radius 3 is 0.946 bits per heavy atom. The van der Waals surface area contributed by atoms with Gasteiger partial charge in [0.1, 0.15) is 11.5 Å². The fourth-order valence-corrected chi connectivity index (χ4v) is 6.50. The zero-order valence-electron chi connectivity index (χ0n) is 31.7. The Labute approximate surface area is 330 Å². The molecule has 4 nitrogen and oxygen atoms in total. The highest BCUT2D eigenvalue weighted by atomic mass is 16.5. The first kappa shape index (κ1) is 37.0. The Hall–Kier alpha value is -7.30. The predicted octanol–water partition coefficient (Wildman–Crippen LogP) is 13.8. The Morgan fingerprint density at radius 1 is 0.357 bits per heavy atom. The van der Waals surface area contributed by atoms with Crippen LogP contribution in [0.3, 0.4) is 0 Å². The van der Waals surface area contributed by atoms with Gasteiger partial charge in [-0.05, 0) is 95.1 Å². The van der Waals surface area contributed by atoms with Crippen molar-refractivity contribution in [1.82, 2.24) is 0 Å². The molecule has 56 heavy (non-hydrogen) atoms. The summed E-state index contributed by atoms with van der Waals surface area (Å²) < 4.78 is 11.9. The summed E-state index contributed by atoms with van der Waals surface area (Å²) in [5.74, 6) is 1.56. The van der Waals surface area contributed by atoms with Crippen LogP contribution in [0.1, 0.15) is 11.1 Å². The summed E-state index contributed by atoms with van der Waals surface area (Å²) in [6.07, 6.45) is 16.6. The molecule has 7 rings (SSSR count). The minimum Gasteiger partial charge on any atom is -0.496 e. The van der Waals surface area contributed by atoms with E-state index in [2.05, 4.69) is 216 Å². The van der Waals surface area contributed by atoms with Crippen molar-refractivity contribution in [3.8, 4) is 33.8 Å². The van der Waals surface area contributed by atoms with Crippen LogP contribution < -0.4 is 19.3 Å². The molecule has 0 N–H and O–H groups in total. The number of hydrogen-bond donors (Lipinski definition) is 0. The lowest BCUT2D eigenvalue weighted by Crippen LogP contribution is -2.07. The van der Waals surface area contributed by atoms with Gasteiger partial charge in [0.15, 0.2) is 0 Å². The number of para-hydroxylation sites is 4. The minimum absolute atomic E-state index is 0.782. The van der Waals surface area contributed by atoms with E-state index in [0.717, 1.165) is 67.6 Å². The highest BCUT2D eigenvalue weighted by molar-refractivity contribution is 5.82. The standard InChI is InChI=1S/C52H44N2O2/c1-55-51-39-50(44-35-31-42(32-36-44)20-16-18-38-54(47-25-11-5-12-26-47)48-27-13-6-14-28-48)52(56-2)40-49(51)43-33-29-41(30-34-43)19-15-17-37-53(45-21-7-3-8-22-45)46-23-9-4-10-24-46/h3-40H,1-2H3/b19-15+,20-16+,37-17+,38-18+. The van der Waals surface area contributed by atoms with E-state index in [9.17, 15) is 0 Å². The van der Waals surface area contributed by atoms with Gasteiger partial charge in [-0.1, -0.05) is 146 Å². The molecule has 0 unspecified atom stereocenters. The molecule has 0 aliphatic carbocycles. The molecule has 0 atom stereocenters. The summed E-state index contributed by atoms with van der Waals surface area (Å²) in [5.41, 5.74) is 10.6. The average Bonchev–Trinajstić information content (AvgIpc) is 3.27. The summed E-state index contributed by atoms with van der Waals surface area (Å²) >= 11 is 0. The van der Waals surface area contributed by atoms with Crippen molar-refractivity contribution in [3.63, 3.8) is 0 Å². The average molecular weight is 729 g/mol. The molecule has 0 saturated heterocycles. The van der Waals surface area contributed by atoms with Gasteiger partial charge in [-0.25, -0.2) is 0 Å². The second kappa shape index (κ2) is 18.6. The topological polar surface area (TPSA) is 24.9 Å². The molecule has 0 aliphatic rings. The number of nitrogens with zero attached hydrogens (tertiary/aromatic N) is 2. The van der Waals surface area contributed by atoms with E-state index in [4.69, 9.17) is 9.47 Å². The second-order valence-corrected chi connectivity index (χ2v) is 13.0. The SMILES string of the molecule is COc1cc(-c2ccc(/C=C/C=C/N(c3ccccc3)c3ccccc3)cc2)c(OC)cc1-c1ccc(/C=C/C=C/N(c2ccccc2)c2ccccc2)cc1. The monoisotopic (exact) mass is 728 g/mol. The van der Waals surface area contributed by atoms with Crippen LogP contribution in [-0.2, 0) is 0 Å². The zero-order chi connectivity index (χ0) is 38.4. The molecule has 0 aromatic heterocycles. The van der Waals surface area contributed by atoms with E-state index in [-0.39, 0.29) is 0 Å². The lowest BCUT2D eigenvalue weighted by atomic mass is 9.96. The largest absolute Gasteiger partial charge is 0.496 e. The van der Waals surface area contributed by atoms with Crippen molar-refractivity contribution in [2.45, 2.75) is 0 Å². The Bertz CT molecular complexity index is 2150. The first-order valence-electron chi connectivity index (χ1n) is 18.7. The first-order chi connectivity index (χ1) is 27.7. The van der Waals surface area contributed by atoms with E-state index < -0.39 is 0 Å². The number of allylic oxidation sites excluding steroid dienone is 4. The van der Waals surface area contributed by atoms with Crippen molar-refractivity contribution in [2.75, 3.05) is 24.0 Å². The maximum atomic E-state index is 5.93. The fraction of sp³-hybridized carbons (Fsp3) is 0.0385. The van der Waals surface area contributed by atoms with Crippen molar-refractivity contribution in [2.24, 2.45) is 0 Å². The smallest absolute Gasteiger partial charge is 0.127 e. The molecule has 0 saturated carbocycles. The molecule has 4 heteroatoms. The summed E-state index contributed by atoms with van der Waals surface area (Å²) in [6.45, 7) is 0. The van der Waals surface area contributed by atoms with Crippen molar-refractivity contribution in [1.29, 1.82) is 0 Å². The van der Waals surface area contributed by atoms with Crippen LogP contribution in [0.25, 0.3) is 34.4 Å². The van der Waals surface area contributed by atoms with Crippen LogP contribution in [-0.4, -0.2) is 14.2 Å². The lowest BCUT2D eigenvalue weighted by Gasteiger charge is -2.20. The minimum atomic E-state index is 0.782. The first-order valence-corrected chi connectivity index (χ1v) is 18.7. The fourth-order valence-electron chi connectivity index (χ4n) is 6.50. The van der Waals surface area contributed by atoms with E-state index in [1.54, 1.807) is 14.2 Å². The highest BCUT2D eigenvalue weighted by Gasteiger charge is 2.15. The number of hydrogen-bond acceptors (Lipinski definition) is 4. The van der Waals surface area contributed by atoms with Crippen molar-refractivity contribution >= 4 is 34.9 Å². The van der Waals surface area contributed by atoms with Gasteiger partial charge in [-0.15, -0.1) is 0 Å². The molecule has 7 aromatic rings. The maximum absolute atomic E-state index is 5.93. The molecule has 274 valence electrons. The maximum Gasteiger partial charge on any atom is 0.127 e. The van der Waals surface area contributed by atoms with Gasteiger partial charge in [0.05, 0.1) is 14.2 Å². The van der Waals surface area contributed by atoms with E-state index >= 15 is 0 Å². The Morgan fingerprint density at radius 2 is 0.661 bits per heavy atom.